The molecule has 1 fully saturated rings. The lowest BCUT2D eigenvalue weighted by molar-refractivity contribution is -0.124. The molecule has 0 aromatic rings. The van der Waals surface area contributed by atoms with Crippen LogP contribution in [0.4, 0.5) is 0 Å². The van der Waals surface area contributed by atoms with E-state index in [0.29, 0.717) is 6.54 Å². The fraction of sp³-hybridized carbons (Fsp3) is 0.909. The van der Waals surface area contributed by atoms with E-state index in [1.165, 1.54) is 12.8 Å². The Hall–Kier alpha value is -0.240. The maximum atomic E-state index is 11.6. The largest absolute Gasteiger partial charge is 0.354 e. The lowest BCUT2D eigenvalue weighted by Gasteiger charge is -2.13. The van der Waals surface area contributed by atoms with E-state index >= 15 is 0 Å². The van der Waals surface area contributed by atoms with Gasteiger partial charge in [-0.05, 0) is 19.3 Å². The second-order valence-corrected chi connectivity index (χ2v) is 4.73. The van der Waals surface area contributed by atoms with Crippen LogP contribution in [0.5, 0.6) is 0 Å². The predicted molar refractivity (Wildman–Crippen MR) is 59.5 cm³/mol. The molecular formula is C11H20ClNO. The van der Waals surface area contributed by atoms with Gasteiger partial charge >= 0.3 is 0 Å². The maximum absolute atomic E-state index is 11.6. The van der Waals surface area contributed by atoms with E-state index in [4.69, 9.17) is 11.6 Å². The smallest absolute Gasteiger partial charge is 0.223 e. The zero-order chi connectivity index (χ0) is 10.4. The van der Waals surface area contributed by atoms with Gasteiger partial charge in [-0.2, -0.15) is 0 Å². The minimum atomic E-state index is 0.102. The van der Waals surface area contributed by atoms with Crippen LogP contribution >= 0.6 is 11.6 Å². The van der Waals surface area contributed by atoms with E-state index in [1.807, 2.05) is 0 Å². The van der Waals surface area contributed by atoms with Crippen LogP contribution in [0, 0.1) is 5.92 Å². The van der Waals surface area contributed by atoms with E-state index in [-0.39, 0.29) is 17.2 Å². The van der Waals surface area contributed by atoms with Gasteiger partial charge in [0.1, 0.15) is 0 Å². The highest BCUT2D eigenvalue weighted by molar-refractivity contribution is 6.20. The topological polar surface area (TPSA) is 29.1 Å². The zero-order valence-corrected chi connectivity index (χ0v) is 9.65. The Balaban J connectivity index is 2.13. The number of amides is 1. The Morgan fingerprint density at radius 2 is 2.14 bits per heavy atom. The highest BCUT2D eigenvalue weighted by Gasteiger charge is 2.22. The van der Waals surface area contributed by atoms with Crippen LogP contribution in [-0.2, 0) is 4.79 Å². The van der Waals surface area contributed by atoms with Crippen LogP contribution in [0.15, 0.2) is 0 Å². The van der Waals surface area contributed by atoms with E-state index in [9.17, 15) is 4.79 Å². The summed E-state index contributed by atoms with van der Waals surface area (Å²) in [5.41, 5.74) is 0. The Morgan fingerprint density at radius 1 is 1.50 bits per heavy atom. The molecule has 1 unspecified atom stereocenters. The summed E-state index contributed by atoms with van der Waals surface area (Å²) >= 11 is 6.02. The molecule has 1 amide bonds. The maximum Gasteiger partial charge on any atom is 0.223 e. The fourth-order valence-corrected chi connectivity index (χ4v) is 2.25. The van der Waals surface area contributed by atoms with E-state index < -0.39 is 0 Å². The molecule has 1 N–H and O–H groups in total. The van der Waals surface area contributed by atoms with Gasteiger partial charge in [0.15, 0.2) is 0 Å². The quantitative estimate of drug-likeness (QED) is 0.705. The third-order valence-corrected chi connectivity index (χ3v) is 3.20. The summed E-state index contributed by atoms with van der Waals surface area (Å²) in [6, 6.07) is 0. The van der Waals surface area contributed by atoms with Gasteiger partial charge in [0, 0.05) is 12.5 Å². The molecule has 2 nitrogen and oxygen atoms in total. The third-order valence-electron chi connectivity index (χ3n) is 2.83. The second-order valence-electron chi connectivity index (χ2n) is 4.11. The highest BCUT2D eigenvalue weighted by Crippen LogP contribution is 2.24. The molecule has 0 heterocycles. The molecule has 82 valence electrons. The number of hydrogen-bond donors (Lipinski definition) is 1. The summed E-state index contributed by atoms with van der Waals surface area (Å²) in [7, 11) is 0. The molecule has 14 heavy (non-hydrogen) atoms. The number of hydrogen-bond acceptors (Lipinski definition) is 1. The molecule has 0 aromatic heterocycles. The van der Waals surface area contributed by atoms with Crippen molar-refractivity contribution in [2.45, 2.75) is 50.8 Å². The molecule has 1 rings (SSSR count). The molecule has 0 aliphatic heterocycles. The van der Waals surface area contributed by atoms with Gasteiger partial charge in [-0.15, -0.1) is 11.6 Å². The molecule has 0 spiro atoms. The first-order valence-corrected chi connectivity index (χ1v) is 6.09. The number of rotatable bonds is 5. The van der Waals surface area contributed by atoms with E-state index in [2.05, 4.69) is 12.2 Å². The molecule has 1 saturated carbocycles. The minimum Gasteiger partial charge on any atom is -0.354 e. The Bertz CT molecular complexity index is 178. The molecule has 0 aromatic carbocycles. The van der Waals surface area contributed by atoms with Gasteiger partial charge in [0.25, 0.3) is 0 Å². The van der Waals surface area contributed by atoms with Crippen molar-refractivity contribution in [2.24, 2.45) is 5.92 Å². The van der Waals surface area contributed by atoms with E-state index in [1.54, 1.807) is 0 Å². The Morgan fingerprint density at radius 3 is 2.71 bits per heavy atom. The SMILES string of the molecule is CCCC(Cl)CNC(=O)C1CCCC1. The van der Waals surface area contributed by atoms with Crippen LogP contribution < -0.4 is 5.32 Å². The number of carbonyl (C=O) groups is 1. The van der Waals surface area contributed by atoms with Crippen molar-refractivity contribution in [3.8, 4) is 0 Å². The van der Waals surface area contributed by atoms with Crippen molar-refractivity contribution in [2.75, 3.05) is 6.54 Å². The summed E-state index contributed by atoms with van der Waals surface area (Å²) in [5.74, 6) is 0.477. The molecular weight excluding hydrogens is 198 g/mol. The number of halogens is 1. The first-order valence-electron chi connectivity index (χ1n) is 5.65. The summed E-state index contributed by atoms with van der Waals surface area (Å²) in [6.07, 6.45) is 6.59. The van der Waals surface area contributed by atoms with Crippen LogP contribution in [0.25, 0.3) is 0 Å². The monoisotopic (exact) mass is 217 g/mol. The minimum absolute atomic E-state index is 0.102. The van der Waals surface area contributed by atoms with Crippen LogP contribution in [0.1, 0.15) is 45.4 Å². The van der Waals surface area contributed by atoms with Crippen LogP contribution in [-0.4, -0.2) is 17.8 Å². The molecule has 3 heteroatoms. The highest BCUT2D eigenvalue weighted by atomic mass is 35.5. The number of carbonyl (C=O) groups excluding carboxylic acids is 1. The van der Waals surface area contributed by atoms with Crippen molar-refractivity contribution >= 4 is 17.5 Å². The average Bonchev–Trinajstić information content (AvgIpc) is 2.67. The van der Waals surface area contributed by atoms with Crippen LogP contribution in [0.3, 0.4) is 0 Å². The molecule has 1 aliphatic rings. The summed E-state index contributed by atoms with van der Waals surface area (Å²) in [6.45, 7) is 2.74. The molecule has 0 saturated heterocycles. The number of alkyl halides is 1. The van der Waals surface area contributed by atoms with Gasteiger partial charge in [0.2, 0.25) is 5.91 Å². The molecule has 1 aliphatic carbocycles. The third kappa shape index (κ3) is 3.87. The lowest BCUT2D eigenvalue weighted by atomic mass is 10.1. The lowest BCUT2D eigenvalue weighted by Crippen LogP contribution is -2.33. The van der Waals surface area contributed by atoms with E-state index in [0.717, 1.165) is 25.7 Å². The second kappa shape index (κ2) is 6.28. The summed E-state index contributed by atoms with van der Waals surface area (Å²) in [4.78, 5) is 11.6. The van der Waals surface area contributed by atoms with Crippen molar-refractivity contribution < 1.29 is 4.79 Å². The summed E-state index contributed by atoms with van der Waals surface area (Å²) < 4.78 is 0. The van der Waals surface area contributed by atoms with Crippen molar-refractivity contribution in [1.82, 2.24) is 5.32 Å². The Labute approximate surface area is 91.4 Å². The van der Waals surface area contributed by atoms with Crippen molar-refractivity contribution in [3.63, 3.8) is 0 Å². The Kier molecular flexibility index (Phi) is 5.31. The zero-order valence-electron chi connectivity index (χ0n) is 8.89. The standard InChI is InChI=1S/C11H20ClNO/c1-2-5-10(12)8-13-11(14)9-6-3-4-7-9/h9-10H,2-8H2,1H3,(H,13,14). The van der Waals surface area contributed by atoms with Gasteiger partial charge in [-0.25, -0.2) is 0 Å². The molecule has 1 atom stereocenters. The van der Waals surface area contributed by atoms with Gasteiger partial charge in [-0.3, -0.25) is 4.79 Å². The van der Waals surface area contributed by atoms with Crippen LogP contribution in [0.2, 0.25) is 0 Å². The first-order chi connectivity index (χ1) is 6.74. The number of nitrogens with one attached hydrogen (secondary N) is 1. The average molecular weight is 218 g/mol. The fourth-order valence-electron chi connectivity index (χ4n) is 1.96. The summed E-state index contributed by atoms with van der Waals surface area (Å²) in [5, 5.41) is 3.04. The van der Waals surface area contributed by atoms with Crippen molar-refractivity contribution in [3.05, 3.63) is 0 Å². The van der Waals surface area contributed by atoms with Crippen molar-refractivity contribution in [1.29, 1.82) is 0 Å². The van der Waals surface area contributed by atoms with Gasteiger partial charge in [-0.1, -0.05) is 26.2 Å². The molecule has 0 radical (unpaired) electrons. The molecule has 0 bridgehead atoms. The van der Waals surface area contributed by atoms with Gasteiger partial charge in [0.05, 0.1) is 5.38 Å². The van der Waals surface area contributed by atoms with Gasteiger partial charge < -0.3 is 5.32 Å². The normalized spacial score (nSPS) is 19.6. The first kappa shape index (κ1) is 11.8. The predicted octanol–water partition coefficient (Wildman–Crippen LogP) is 2.70.